The molecule has 0 spiro atoms. The topological polar surface area (TPSA) is 97.5 Å². The van der Waals surface area contributed by atoms with E-state index in [0.29, 0.717) is 55.3 Å². The molecule has 1 aliphatic heterocycles. The van der Waals surface area contributed by atoms with Gasteiger partial charge >= 0.3 is 0 Å². The van der Waals surface area contributed by atoms with Gasteiger partial charge < -0.3 is 0 Å². The van der Waals surface area contributed by atoms with Crippen LogP contribution in [0.1, 0.15) is 71.6 Å². The van der Waals surface area contributed by atoms with Crippen LogP contribution in [0, 0.1) is 0 Å². The zero-order valence-corrected chi connectivity index (χ0v) is 22.4. The number of hydrogen-bond acceptors (Lipinski definition) is 6. The van der Waals surface area contributed by atoms with Crippen LogP contribution in [-0.4, -0.2) is 31.2 Å². The van der Waals surface area contributed by atoms with Gasteiger partial charge in [-0.2, -0.15) is 0 Å². The molecule has 6 aromatic rings. The summed E-state index contributed by atoms with van der Waals surface area (Å²) in [6, 6.07) is 15.8. The molecule has 0 fully saturated rings. The van der Waals surface area contributed by atoms with E-state index >= 15 is 0 Å². The molecule has 7 rings (SSSR count). The number of amides is 2. The molecular weight excluding hydrogens is 502 g/mol. The fourth-order valence-corrected chi connectivity index (χ4v) is 5.90. The predicted molar refractivity (Wildman–Crippen MR) is 156 cm³/mol. The molecule has 3 aromatic heterocycles. The second-order valence-electron chi connectivity index (χ2n) is 10.4. The molecule has 0 N–H and O–H groups in total. The average molecular weight is 530 g/mol. The molecule has 3 aromatic carbocycles. The first-order valence-corrected chi connectivity index (χ1v) is 13.9. The Morgan fingerprint density at radius 3 is 1.93 bits per heavy atom. The van der Waals surface area contributed by atoms with E-state index in [2.05, 4.69) is 13.8 Å². The second kappa shape index (κ2) is 9.19. The molecule has 0 aliphatic carbocycles. The summed E-state index contributed by atoms with van der Waals surface area (Å²) in [7, 11) is 0. The number of aromatic nitrogens is 4. The fraction of sp³-hybridized carbons (Fsp3) is 0.250. The molecule has 0 radical (unpaired) electrons. The molecule has 8 heteroatoms. The number of benzene rings is 3. The van der Waals surface area contributed by atoms with Gasteiger partial charge in [-0.25, -0.2) is 24.3 Å². The highest BCUT2D eigenvalue weighted by Crippen LogP contribution is 2.38. The third-order valence-electron chi connectivity index (χ3n) is 7.90. The van der Waals surface area contributed by atoms with Crippen LogP contribution in [0.3, 0.4) is 0 Å². The quantitative estimate of drug-likeness (QED) is 0.240. The summed E-state index contributed by atoms with van der Waals surface area (Å²) in [5.41, 5.74) is 4.19. The third kappa shape index (κ3) is 3.38. The summed E-state index contributed by atoms with van der Waals surface area (Å²) in [6.45, 7) is 4.29. The number of carbonyl (C=O) groups is 2. The maximum Gasteiger partial charge on any atom is 0.266 e. The lowest BCUT2D eigenvalue weighted by atomic mass is 9.90. The Bertz CT molecular complexity index is 2030. The number of pyridine rings is 1. The predicted octanol–water partition coefficient (Wildman–Crippen LogP) is 5.87. The molecule has 2 amide bonds. The van der Waals surface area contributed by atoms with Crippen molar-refractivity contribution in [1.29, 1.82) is 0 Å². The molecule has 4 heterocycles. The van der Waals surface area contributed by atoms with Crippen molar-refractivity contribution < 1.29 is 9.59 Å². The summed E-state index contributed by atoms with van der Waals surface area (Å²) >= 11 is 0. The van der Waals surface area contributed by atoms with E-state index in [4.69, 9.17) is 15.0 Å². The van der Waals surface area contributed by atoms with Crippen molar-refractivity contribution >= 4 is 56.0 Å². The van der Waals surface area contributed by atoms with E-state index in [9.17, 15) is 14.4 Å². The van der Waals surface area contributed by atoms with Crippen molar-refractivity contribution in [2.75, 3.05) is 4.90 Å². The van der Waals surface area contributed by atoms with E-state index in [1.165, 1.54) is 4.90 Å². The van der Waals surface area contributed by atoms with E-state index in [1.54, 1.807) is 46.9 Å². The number of hydrogen-bond donors (Lipinski definition) is 0. The fourth-order valence-electron chi connectivity index (χ4n) is 5.90. The number of unbranched alkanes of at least 4 members (excludes halogenated alkanes) is 2. The van der Waals surface area contributed by atoms with Crippen LogP contribution in [0.15, 0.2) is 59.4 Å². The monoisotopic (exact) mass is 529 g/mol. The van der Waals surface area contributed by atoms with E-state index in [0.717, 1.165) is 49.9 Å². The lowest BCUT2D eigenvalue weighted by Gasteiger charge is -2.27. The normalized spacial score (nSPS) is 13.5. The highest BCUT2D eigenvalue weighted by molar-refractivity contribution is 6.38. The first-order valence-electron chi connectivity index (χ1n) is 13.9. The Balaban J connectivity index is 1.51. The van der Waals surface area contributed by atoms with Crippen molar-refractivity contribution in [3.8, 4) is 0 Å². The van der Waals surface area contributed by atoms with Crippen LogP contribution in [-0.2, 0) is 12.8 Å². The summed E-state index contributed by atoms with van der Waals surface area (Å²) in [6.07, 6.45) is 5.70. The molecule has 0 unspecified atom stereocenters. The van der Waals surface area contributed by atoms with Crippen LogP contribution in [0.2, 0.25) is 0 Å². The van der Waals surface area contributed by atoms with Gasteiger partial charge in [-0.05, 0) is 62.1 Å². The maximum atomic E-state index is 14.0. The lowest BCUT2D eigenvalue weighted by molar-refractivity contribution is 0.0893. The number of fused-ring (bicyclic) bond motifs is 4. The van der Waals surface area contributed by atoms with Crippen LogP contribution in [0.4, 0.5) is 5.69 Å². The van der Waals surface area contributed by atoms with Crippen LogP contribution < -0.4 is 10.5 Å². The minimum Gasteiger partial charge on any atom is -0.268 e. The molecular formula is C32H27N5O3. The van der Waals surface area contributed by atoms with Gasteiger partial charge in [0.25, 0.3) is 17.4 Å². The minimum atomic E-state index is -0.414. The number of anilines is 1. The largest absolute Gasteiger partial charge is 0.268 e. The molecule has 1 aliphatic rings. The maximum absolute atomic E-state index is 14.0. The smallest absolute Gasteiger partial charge is 0.266 e. The first kappa shape index (κ1) is 24.3. The third-order valence-corrected chi connectivity index (χ3v) is 7.90. The van der Waals surface area contributed by atoms with Crippen molar-refractivity contribution in [2.45, 2.75) is 52.4 Å². The Kier molecular flexibility index (Phi) is 5.59. The van der Waals surface area contributed by atoms with E-state index in [-0.39, 0.29) is 5.56 Å². The molecule has 0 bridgehead atoms. The molecule has 0 saturated carbocycles. The standard InChI is InChI=1S/C32H27N5O3/c1-3-5-12-23-24(13-6-4-2)34-29-27(33-23)35-28-19-14-15-21-26-22(17-16-20(25(19)26)32(40)37(28)29)31(39)36(30(21)38)18-10-8-7-9-11-18/h7-11,14-17H,3-6,12-13H2,1-2H3. The number of aryl methyl sites for hydroxylation is 2. The van der Waals surface area contributed by atoms with Crippen LogP contribution >= 0.6 is 0 Å². The SMILES string of the molecule is CCCCc1nc2nc3c4ccc5c6c(ccc(c(=O)n3c2nc1CCCC)c64)C(=O)N(c1ccccc1)C5=O. The van der Waals surface area contributed by atoms with Gasteiger partial charge in [0.15, 0.2) is 16.9 Å². The van der Waals surface area contributed by atoms with E-state index < -0.39 is 11.8 Å². The van der Waals surface area contributed by atoms with Gasteiger partial charge in [0, 0.05) is 32.7 Å². The number of carbonyl (C=O) groups excluding carboxylic acids is 2. The summed E-state index contributed by atoms with van der Waals surface area (Å²) in [5, 5.41) is 2.18. The van der Waals surface area contributed by atoms with Gasteiger partial charge in [0.2, 0.25) is 0 Å². The Morgan fingerprint density at radius 1 is 0.650 bits per heavy atom. The summed E-state index contributed by atoms with van der Waals surface area (Å²) < 4.78 is 1.55. The minimum absolute atomic E-state index is 0.281. The van der Waals surface area contributed by atoms with Gasteiger partial charge in [-0.3, -0.25) is 14.4 Å². The van der Waals surface area contributed by atoms with Crippen LogP contribution in [0.25, 0.3) is 38.5 Å². The van der Waals surface area contributed by atoms with Gasteiger partial charge in [-0.1, -0.05) is 44.9 Å². The Hall–Kier alpha value is -4.72. The second-order valence-corrected chi connectivity index (χ2v) is 10.4. The molecule has 0 atom stereocenters. The molecule has 8 nitrogen and oxygen atoms in total. The Morgan fingerprint density at radius 2 is 1.27 bits per heavy atom. The van der Waals surface area contributed by atoms with E-state index in [1.807, 2.05) is 12.1 Å². The molecule has 0 saturated heterocycles. The van der Waals surface area contributed by atoms with Crippen molar-refractivity contribution in [3.63, 3.8) is 0 Å². The highest BCUT2D eigenvalue weighted by Gasteiger charge is 2.35. The Labute approximate surface area is 229 Å². The van der Waals surface area contributed by atoms with Crippen LogP contribution in [0.5, 0.6) is 0 Å². The number of para-hydroxylation sites is 1. The zero-order chi connectivity index (χ0) is 27.5. The average Bonchev–Trinajstić information content (AvgIpc) is 3.35. The number of rotatable bonds is 7. The lowest BCUT2D eigenvalue weighted by Crippen LogP contribution is -2.40. The summed E-state index contributed by atoms with van der Waals surface area (Å²) in [4.78, 5) is 57.1. The van der Waals surface area contributed by atoms with Gasteiger partial charge in [0.1, 0.15) is 0 Å². The number of nitrogens with zero attached hydrogens (tertiary/aromatic N) is 5. The first-order chi connectivity index (χ1) is 19.5. The van der Waals surface area contributed by atoms with Crippen molar-refractivity contribution in [3.05, 3.63) is 87.5 Å². The number of imidazole rings is 1. The van der Waals surface area contributed by atoms with Crippen molar-refractivity contribution in [1.82, 2.24) is 19.4 Å². The molecule has 198 valence electrons. The summed E-state index contributed by atoms with van der Waals surface area (Å²) in [5.74, 6) is -0.827. The zero-order valence-electron chi connectivity index (χ0n) is 22.4. The van der Waals surface area contributed by atoms with Gasteiger partial charge in [0.05, 0.1) is 17.1 Å². The molecule has 40 heavy (non-hydrogen) atoms. The number of imide groups is 1. The highest BCUT2D eigenvalue weighted by atomic mass is 16.2. The van der Waals surface area contributed by atoms with Gasteiger partial charge in [-0.15, -0.1) is 0 Å². The van der Waals surface area contributed by atoms with Crippen molar-refractivity contribution in [2.24, 2.45) is 0 Å².